The number of hydrogen-bond acceptors (Lipinski definition) is 2. The van der Waals surface area contributed by atoms with E-state index in [1.807, 2.05) is 26.0 Å². The summed E-state index contributed by atoms with van der Waals surface area (Å²) in [5.41, 5.74) is 3.11. The summed E-state index contributed by atoms with van der Waals surface area (Å²) < 4.78 is 0. The van der Waals surface area contributed by atoms with Crippen LogP contribution in [-0.4, -0.2) is 11.8 Å². The smallest absolute Gasteiger partial charge is 0.224 e. The van der Waals surface area contributed by atoms with Crippen molar-refractivity contribution >= 4 is 17.5 Å². The standard InChI is InChI=1S/C14H18N2O2/c1-9(2)14(18)15-8-10-3-5-12-11(7-10)4-6-13(17)16-12/h3,5,7,9H,4,6,8H2,1-2H3,(H,15,18)(H,16,17). The van der Waals surface area contributed by atoms with Crippen LogP contribution in [0.3, 0.4) is 0 Å². The van der Waals surface area contributed by atoms with Gasteiger partial charge in [0.1, 0.15) is 0 Å². The first-order chi connectivity index (χ1) is 8.56. The number of amides is 2. The Morgan fingerprint density at radius 2 is 2.17 bits per heavy atom. The molecule has 0 radical (unpaired) electrons. The van der Waals surface area contributed by atoms with Gasteiger partial charge in [-0.05, 0) is 23.6 Å². The molecule has 2 amide bonds. The van der Waals surface area contributed by atoms with Crippen molar-refractivity contribution in [1.82, 2.24) is 5.32 Å². The summed E-state index contributed by atoms with van der Waals surface area (Å²) >= 11 is 0. The predicted molar refractivity (Wildman–Crippen MR) is 70.1 cm³/mol. The lowest BCUT2D eigenvalue weighted by Crippen LogP contribution is -2.27. The highest BCUT2D eigenvalue weighted by Gasteiger charge is 2.14. The van der Waals surface area contributed by atoms with Gasteiger partial charge in [0.25, 0.3) is 0 Å². The van der Waals surface area contributed by atoms with Gasteiger partial charge in [0.2, 0.25) is 11.8 Å². The first-order valence-corrected chi connectivity index (χ1v) is 6.25. The topological polar surface area (TPSA) is 58.2 Å². The van der Waals surface area contributed by atoms with Gasteiger partial charge in [-0.3, -0.25) is 9.59 Å². The Morgan fingerprint density at radius 3 is 2.89 bits per heavy atom. The van der Waals surface area contributed by atoms with Crippen molar-refractivity contribution < 1.29 is 9.59 Å². The van der Waals surface area contributed by atoms with E-state index >= 15 is 0 Å². The van der Waals surface area contributed by atoms with Crippen molar-refractivity contribution in [3.05, 3.63) is 29.3 Å². The highest BCUT2D eigenvalue weighted by atomic mass is 16.2. The Labute approximate surface area is 107 Å². The molecule has 0 bridgehead atoms. The van der Waals surface area contributed by atoms with E-state index < -0.39 is 0 Å². The highest BCUT2D eigenvalue weighted by Crippen LogP contribution is 2.23. The molecule has 1 heterocycles. The summed E-state index contributed by atoms with van der Waals surface area (Å²) in [6, 6.07) is 5.89. The normalized spacial score (nSPS) is 14.1. The maximum atomic E-state index is 11.5. The first kappa shape index (κ1) is 12.6. The largest absolute Gasteiger partial charge is 0.352 e. The van der Waals surface area contributed by atoms with E-state index in [1.54, 1.807) is 0 Å². The van der Waals surface area contributed by atoms with Gasteiger partial charge in [-0.15, -0.1) is 0 Å². The molecule has 96 valence electrons. The van der Waals surface area contributed by atoms with Crippen LogP contribution in [0.25, 0.3) is 0 Å². The number of fused-ring (bicyclic) bond motifs is 1. The molecule has 2 N–H and O–H groups in total. The summed E-state index contributed by atoms with van der Waals surface area (Å²) in [5, 5.41) is 5.73. The fourth-order valence-corrected chi connectivity index (χ4v) is 1.94. The van der Waals surface area contributed by atoms with Crippen LogP contribution in [0.1, 0.15) is 31.4 Å². The number of carbonyl (C=O) groups is 2. The lowest BCUT2D eigenvalue weighted by molar-refractivity contribution is -0.124. The van der Waals surface area contributed by atoms with Crippen LogP contribution in [0, 0.1) is 5.92 Å². The summed E-state index contributed by atoms with van der Waals surface area (Å²) in [4.78, 5) is 22.7. The molecule has 4 nitrogen and oxygen atoms in total. The Balaban J connectivity index is 2.03. The van der Waals surface area contributed by atoms with Crippen molar-refractivity contribution in [2.75, 3.05) is 5.32 Å². The van der Waals surface area contributed by atoms with Crippen LogP contribution >= 0.6 is 0 Å². The van der Waals surface area contributed by atoms with Gasteiger partial charge in [0.05, 0.1) is 0 Å². The van der Waals surface area contributed by atoms with Crippen molar-refractivity contribution in [1.29, 1.82) is 0 Å². The van der Waals surface area contributed by atoms with Gasteiger partial charge in [0.15, 0.2) is 0 Å². The second kappa shape index (κ2) is 5.21. The molecule has 0 saturated heterocycles. The first-order valence-electron chi connectivity index (χ1n) is 6.25. The number of aryl methyl sites for hydroxylation is 1. The SMILES string of the molecule is CC(C)C(=O)NCc1ccc2c(c1)CCC(=O)N2. The van der Waals surface area contributed by atoms with Gasteiger partial charge in [-0.25, -0.2) is 0 Å². The van der Waals surface area contributed by atoms with E-state index in [1.165, 1.54) is 0 Å². The van der Waals surface area contributed by atoms with Gasteiger partial charge in [0, 0.05) is 24.6 Å². The van der Waals surface area contributed by atoms with E-state index in [0.29, 0.717) is 13.0 Å². The summed E-state index contributed by atoms with van der Waals surface area (Å²) in [6.07, 6.45) is 1.31. The van der Waals surface area contributed by atoms with Gasteiger partial charge >= 0.3 is 0 Å². The lowest BCUT2D eigenvalue weighted by Gasteiger charge is -2.17. The molecule has 4 heteroatoms. The summed E-state index contributed by atoms with van der Waals surface area (Å²) in [5.74, 6) is 0.131. The average Bonchev–Trinajstić information content (AvgIpc) is 2.35. The van der Waals surface area contributed by atoms with Crippen LogP contribution in [-0.2, 0) is 22.6 Å². The van der Waals surface area contributed by atoms with E-state index in [0.717, 1.165) is 23.2 Å². The molecule has 1 aliphatic rings. The molecule has 1 aromatic rings. The number of nitrogens with one attached hydrogen (secondary N) is 2. The minimum atomic E-state index is 0.00177. The fraction of sp³-hybridized carbons (Fsp3) is 0.429. The highest BCUT2D eigenvalue weighted by molar-refractivity contribution is 5.93. The van der Waals surface area contributed by atoms with Crippen LogP contribution in [0.2, 0.25) is 0 Å². The van der Waals surface area contributed by atoms with E-state index in [-0.39, 0.29) is 17.7 Å². The second-order valence-electron chi connectivity index (χ2n) is 4.91. The van der Waals surface area contributed by atoms with Crippen molar-refractivity contribution in [3.63, 3.8) is 0 Å². The lowest BCUT2D eigenvalue weighted by atomic mass is 10.0. The zero-order valence-electron chi connectivity index (χ0n) is 10.7. The van der Waals surface area contributed by atoms with Crippen molar-refractivity contribution in [3.8, 4) is 0 Å². The third-order valence-electron chi connectivity index (χ3n) is 3.06. The Bertz CT molecular complexity index is 481. The number of carbonyl (C=O) groups excluding carboxylic acids is 2. The Hall–Kier alpha value is -1.84. The van der Waals surface area contributed by atoms with Gasteiger partial charge < -0.3 is 10.6 Å². The van der Waals surface area contributed by atoms with Crippen LogP contribution in [0.5, 0.6) is 0 Å². The van der Waals surface area contributed by atoms with Gasteiger partial charge in [-0.2, -0.15) is 0 Å². The number of hydrogen-bond donors (Lipinski definition) is 2. The summed E-state index contributed by atoms with van der Waals surface area (Å²) in [6.45, 7) is 4.29. The molecular weight excluding hydrogens is 228 g/mol. The van der Waals surface area contributed by atoms with Crippen molar-refractivity contribution in [2.45, 2.75) is 33.2 Å². The van der Waals surface area contributed by atoms with E-state index in [4.69, 9.17) is 0 Å². The minimum absolute atomic E-state index is 0.00177. The molecule has 2 rings (SSSR count). The monoisotopic (exact) mass is 246 g/mol. The zero-order valence-corrected chi connectivity index (χ0v) is 10.7. The number of rotatable bonds is 3. The molecule has 0 aromatic heterocycles. The number of anilines is 1. The zero-order chi connectivity index (χ0) is 13.1. The number of benzene rings is 1. The van der Waals surface area contributed by atoms with Crippen LogP contribution in [0.15, 0.2) is 18.2 Å². The maximum absolute atomic E-state index is 11.5. The predicted octanol–water partition coefficient (Wildman–Crippen LogP) is 1.84. The van der Waals surface area contributed by atoms with E-state index in [9.17, 15) is 9.59 Å². The molecule has 1 aromatic carbocycles. The molecule has 1 aliphatic heterocycles. The fourth-order valence-electron chi connectivity index (χ4n) is 1.94. The molecule has 0 unspecified atom stereocenters. The van der Waals surface area contributed by atoms with Crippen molar-refractivity contribution in [2.24, 2.45) is 5.92 Å². The van der Waals surface area contributed by atoms with E-state index in [2.05, 4.69) is 16.7 Å². The Kier molecular flexibility index (Phi) is 3.65. The maximum Gasteiger partial charge on any atom is 0.224 e. The Morgan fingerprint density at radius 1 is 1.39 bits per heavy atom. The quantitative estimate of drug-likeness (QED) is 0.855. The average molecular weight is 246 g/mol. The van der Waals surface area contributed by atoms with Gasteiger partial charge in [-0.1, -0.05) is 26.0 Å². The summed E-state index contributed by atoms with van der Waals surface area (Å²) in [7, 11) is 0. The molecule has 0 spiro atoms. The molecule has 0 atom stereocenters. The molecule has 0 fully saturated rings. The third kappa shape index (κ3) is 2.88. The molecule has 0 saturated carbocycles. The molecular formula is C14H18N2O2. The third-order valence-corrected chi connectivity index (χ3v) is 3.06. The molecule has 18 heavy (non-hydrogen) atoms. The van der Waals surface area contributed by atoms with Crippen LogP contribution in [0.4, 0.5) is 5.69 Å². The van der Waals surface area contributed by atoms with Crippen LogP contribution < -0.4 is 10.6 Å². The minimum Gasteiger partial charge on any atom is -0.352 e. The second-order valence-corrected chi connectivity index (χ2v) is 4.91. The molecule has 0 aliphatic carbocycles.